The van der Waals surface area contributed by atoms with Gasteiger partial charge in [-0.15, -0.1) is 0 Å². The molecule has 0 amide bonds. The van der Waals surface area contributed by atoms with Crippen LogP contribution in [0.5, 0.6) is 0 Å². The van der Waals surface area contributed by atoms with Gasteiger partial charge in [-0.25, -0.2) is 4.98 Å². The third kappa shape index (κ3) is 2.18. The van der Waals surface area contributed by atoms with Gasteiger partial charge in [-0.1, -0.05) is 29.8 Å². The highest BCUT2D eigenvalue weighted by Crippen LogP contribution is 2.13. The van der Waals surface area contributed by atoms with Crippen molar-refractivity contribution in [3.63, 3.8) is 0 Å². The Morgan fingerprint density at radius 1 is 1.20 bits per heavy atom. The van der Waals surface area contributed by atoms with Gasteiger partial charge in [-0.05, 0) is 19.4 Å². The van der Waals surface area contributed by atoms with Gasteiger partial charge in [0.2, 0.25) is 0 Å². The first-order valence-corrected chi connectivity index (χ1v) is 5.01. The highest BCUT2D eigenvalue weighted by Gasteiger charge is 2.04. The first-order valence-electron chi connectivity index (χ1n) is 5.01. The number of rotatable bonds is 2. The van der Waals surface area contributed by atoms with Crippen molar-refractivity contribution in [2.24, 2.45) is 0 Å². The maximum absolute atomic E-state index is 5.59. The molecule has 0 fully saturated rings. The van der Waals surface area contributed by atoms with Crippen LogP contribution in [0.25, 0.3) is 0 Å². The summed E-state index contributed by atoms with van der Waals surface area (Å²) in [4.78, 5) is 7.26. The van der Waals surface area contributed by atoms with E-state index >= 15 is 0 Å². The fourth-order valence-electron chi connectivity index (χ4n) is 1.59. The SMILES string of the molecule is Cc1ccc(Cc2nc(N)[nH]c2C)cc1. The Bertz CT molecular complexity index is 454. The lowest BCUT2D eigenvalue weighted by atomic mass is 10.1. The number of nitrogen functional groups attached to an aromatic ring is 1. The molecule has 0 spiro atoms. The minimum atomic E-state index is 0.495. The van der Waals surface area contributed by atoms with Crippen LogP contribution in [-0.4, -0.2) is 9.97 Å². The molecular weight excluding hydrogens is 186 g/mol. The molecule has 3 nitrogen and oxygen atoms in total. The van der Waals surface area contributed by atoms with Gasteiger partial charge in [0, 0.05) is 12.1 Å². The molecule has 0 unspecified atom stereocenters. The van der Waals surface area contributed by atoms with E-state index in [9.17, 15) is 0 Å². The van der Waals surface area contributed by atoms with E-state index in [4.69, 9.17) is 5.73 Å². The molecule has 1 aromatic heterocycles. The van der Waals surface area contributed by atoms with Crippen LogP contribution in [0.15, 0.2) is 24.3 Å². The minimum Gasteiger partial charge on any atom is -0.369 e. The molecule has 78 valence electrons. The number of nitrogens with zero attached hydrogens (tertiary/aromatic N) is 1. The summed E-state index contributed by atoms with van der Waals surface area (Å²) < 4.78 is 0. The third-order valence-corrected chi connectivity index (χ3v) is 2.50. The summed E-state index contributed by atoms with van der Waals surface area (Å²) in [7, 11) is 0. The lowest BCUT2D eigenvalue weighted by Gasteiger charge is -2.00. The normalized spacial score (nSPS) is 10.5. The van der Waals surface area contributed by atoms with Crippen LogP contribution in [0.1, 0.15) is 22.5 Å². The first kappa shape index (κ1) is 9.77. The Labute approximate surface area is 89.4 Å². The van der Waals surface area contributed by atoms with E-state index in [-0.39, 0.29) is 0 Å². The number of benzene rings is 1. The number of nitrogens with two attached hydrogens (primary N) is 1. The molecule has 0 saturated carbocycles. The van der Waals surface area contributed by atoms with Gasteiger partial charge >= 0.3 is 0 Å². The fourth-order valence-corrected chi connectivity index (χ4v) is 1.59. The van der Waals surface area contributed by atoms with Crippen LogP contribution in [0.2, 0.25) is 0 Å². The molecule has 3 N–H and O–H groups in total. The fraction of sp³-hybridized carbons (Fsp3) is 0.250. The van der Waals surface area contributed by atoms with E-state index in [1.807, 2.05) is 6.92 Å². The monoisotopic (exact) mass is 201 g/mol. The molecule has 1 heterocycles. The molecule has 2 rings (SSSR count). The topological polar surface area (TPSA) is 54.7 Å². The zero-order valence-corrected chi connectivity index (χ0v) is 9.04. The summed E-state index contributed by atoms with van der Waals surface area (Å²) >= 11 is 0. The smallest absolute Gasteiger partial charge is 0.197 e. The van der Waals surface area contributed by atoms with Crippen molar-refractivity contribution in [3.05, 3.63) is 46.8 Å². The van der Waals surface area contributed by atoms with E-state index < -0.39 is 0 Å². The van der Waals surface area contributed by atoms with Crippen molar-refractivity contribution in [1.82, 2.24) is 9.97 Å². The summed E-state index contributed by atoms with van der Waals surface area (Å²) in [6.07, 6.45) is 0.833. The maximum atomic E-state index is 5.59. The van der Waals surface area contributed by atoms with Crippen molar-refractivity contribution < 1.29 is 0 Å². The molecule has 1 aromatic carbocycles. The van der Waals surface area contributed by atoms with Crippen molar-refractivity contribution in [2.45, 2.75) is 20.3 Å². The molecule has 0 aliphatic heterocycles. The Morgan fingerprint density at radius 3 is 2.40 bits per heavy atom. The molecule has 0 saturated heterocycles. The maximum Gasteiger partial charge on any atom is 0.197 e. The largest absolute Gasteiger partial charge is 0.369 e. The van der Waals surface area contributed by atoms with Gasteiger partial charge in [-0.2, -0.15) is 0 Å². The third-order valence-electron chi connectivity index (χ3n) is 2.50. The second-order valence-corrected chi connectivity index (χ2v) is 3.86. The van der Waals surface area contributed by atoms with Gasteiger partial charge in [0.05, 0.1) is 5.69 Å². The van der Waals surface area contributed by atoms with Crippen LogP contribution in [-0.2, 0) is 6.42 Å². The van der Waals surface area contributed by atoms with Crippen molar-refractivity contribution in [1.29, 1.82) is 0 Å². The van der Waals surface area contributed by atoms with Crippen LogP contribution in [0.3, 0.4) is 0 Å². The summed E-state index contributed by atoms with van der Waals surface area (Å²) in [5.41, 5.74) is 10.2. The Hall–Kier alpha value is -1.77. The van der Waals surface area contributed by atoms with Gasteiger partial charge in [0.25, 0.3) is 0 Å². The van der Waals surface area contributed by atoms with Crippen molar-refractivity contribution in [2.75, 3.05) is 5.73 Å². The number of imidazole rings is 1. The lowest BCUT2D eigenvalue weighted by Crippen LogP contribution is -1.91. The highest BCUT2D eigenvalue weighted by atomic mass is 15.0. The number of aryl methyl sites for hydroxylation is 2. The molecule has 0 aliphatic rings. The Kier molecular flexibility index (Phi) is 2.46. The van der Waals surface area contributed by atoms with Gasteiger partial charge in [0.1, 0.15) is 0 Å². The van der Waals surface area contributed by atoms with Crippen molar-refractivity contribution >= 4 is 5.95 Å². The standard InChI is InChI=1S/C12H15N3/c1-8-3-5-10(6-4-8)7-11-9(2)14-12(13)15-11/h3-6H,7H2,1-2H3,(H3,13,14,15). The lowest BCUT2D eigenvalue weighted by molar-refractivity contribution is 1.08. The van der Waals surface area contributed by atoms with Crippen LogP contribution >= 0.6 is 0 Å². The summed E-state index contributed by atoms with van der Waals surface area (Å²) in [5, 5.41) is 0. The number of nitrogens with one attached hydrogen (secondary N) is 1. The van der Waals surface area contributed by atoms with E-state index in [2.05, 4.69) is 41.2 Å². The highest BCUT2D eigenvalue weighted by molar-refractivity contribution is 5.31. The molecule has 15 heavy (non-hydrogen) atoms. The van der Waals surface area contributed by atoms with E-state index in [1.165, 1.54) is 11.1 Å². The number of aromatic nitrogens is 2. The zero-order valence-electron chi connectivity index (χ0n) is 9.04. The molecule has 2 aromatic rings. The van der Waals surface area contributed by atoms with E-state index in [0.717, 1.165) is 17.8 Å². The Morgan fingerprint density at radius 2 is 1.87 bits per heavy atom. The molecule has 3 heteroatoms. The van der Waals surface area contributed by atoms with Gasteiger partial charge in [-0.3, -0.25) is 0 Å². The molecule has 0 bridgehead atoms. The predicted octanol–water partition coefficient (Wildman–Crippen LogP) is 2.20. The number of hydrogen-bond donors (Lipinski definition) is 2. The molecule has 0 aliphatic carbocycles. The average Bonchev–Trinajstić information content (AvgIpc) is 2.49. The van der Waals surface area contributed by atoms with Crippen LogP contribution in [0, 0.1) is 13.8 Å². The van der Waals surface area contributed by atoms with Crippen LogP contribution in [0.4, 0.5) is 5.95 Å². The van der Waals surface area contributed by atoms with Crippen molar-refractivity contribution in [3.8, 4) is 0 Å². The summed E-state index contributed by atoms with van der Waals surface area (Å²) in [6, 6.07) is 8.47. The second-order valence-electron chi connectivity index (χ2n) is 3.86. The van der Waals surface area contributed by atoms with Crippen LogP contribution < -0.4 is 5.73 Å². The number of hydrogen-bond acceptors (Lipinski definition) is 2. The number of H-pyrrole nitrogens is 1. The summed E-state index contributed by atoms with van der Waals surface area (Å²) in [5.74, 6) is 0.495. The van der Waals surface area contributed by atoms with E-state index in [0.29, 0.717) is 5.95 Å². The molecular formula is C12H15N3. The minimum absolute atomic E-state index is 0.495. The number of anilines is 1. The van der Waals surface area contributed by atoms with Gasteiger partial charge < -0.3 is 10.7 Å². The van der Waals surface area contributed by atoms with E-state index in [1.54, 1.807) is 0 Å². The zero-order chi connectivity index (χ0) is 10.8. The van der Waals surface area contributed by atoms with Gasteiger partial charge in [0.15, 0.2) is 5.95 Å². The average molecular weight is 201 g/mol. The first-order chi connectivity index (χ1) is 7.15. The Balaban J connectivity index is 2.21. The second kappa shape index (κ2) is 3.77. The summed E-state index contributed by atoms with van der Waals surface area (Å²) in [6.45, 7) is 4.08. The predicted molar refractivity (Wildman–Crippen MR) is 61.7 cm³/mol. The quantitative estimate of drug-likeness (QED) is 0.782. The molecule has 0 radical (unpaired) electrons. The molecule has 0 atom stereocenters. The number of aromatic amines is 1.